The Morgan fingerprint density at radius 1 is 1.12 bits per heavy atom. The van der Waals surface area contributed by atoms with Crippen molar-refractivity contribution in [2.75, 3.05) is 25.0 Å². The molecule has 0 spiro atoms. The average molecular weight is 533 g/mol. The molecule has 1 saturated heterocycles. The van der Waals surface area contributed by atoms with Crippen LogP contribution in [0, 0.1) is 5.82 Å². The van der Waals surface area contributed by atoms with E-state index in [-0.39, 0.29) is 30.8 Å². The number of halogens is 5. The Bertz CT molecular complexity index is 1280. The molecule has 1 aliphatic heterocycles. The van der Waals surface area contributed by atoms with Gasteiger partial charge >= 0.3 is 6.18 Å². The van der Waals surface area contributed by atoms with Crippen molar-refractivity contribution in [3.05, 3.63) is 70.1 Å². The van der Waals surface area contributed by atoms with E-state index in [0.717, 1.165) is 10.4 Å². The molecule has 3 N–H and O–H groups in total. The molecule has 170 valence electrons. The monoisotopic (exact) mass is 532 g/mol. The summed E-state index contributed by atoms with van der Waals surface area (Å²) in [5, 5.41) is 8.71. The number of alkyl halides is 3. The molecule has 32 heavy (non-hydrogen) atoms. The van der Waals surface area contributed by atoms with E-state index in [4.69, 9.17) is 5.14 Å². The van der Waals surface area contributed by atoms with Gasteiger partial charge in [-0.05, 0) is 42.0 Å². The number of nitrogens with two attached hydrogens (primary N) is 1. The third-order valence-electron chi connectivity index (χ3n) is 5.45. The molecule has 0 saturated carbocycles. The molecule has 2 aromatic carbocycles. The average Bonchev–Trinajstić information content (AvgIpc) is 2.66. The largest absolute Gasteiger partial charge is 0.433 e. The van der Waals surface area contributed by atoms with Crippen molar-refractivity contribution in [2.45, 2.75) is 11.6 Å². The maximum absolute atomic E-state index is 13.4. The van der Waals surface area contributed by atoms with Gasteiger partial charge in [0.05, 0.1) is 5.52 Å². The SMILES string of the molecule is NS(=O)(=O)N1CC(CNc2cc(C(F)(F)F)nc3ccc(Br)cc23)(c2ccc(F)cc2)C1. The first-order chi connectivity index (χ1) is 14.9. The highest BCUT2D eigenvalue weighted by molar-refractivity contribution is 9.10. The van der Waals surface area contributed by atoms with Crippen LogP contribution in [0.15, 0.2) is 53.0 Å². The second kappa shape index (κ2) is 7.94. The van der Waals surface area contributed by atoms with Crippen LogP contribution >= 0.6 is 15.9 Å². The molecule has 1 aromatic heterocycles. The van der Waals surface area contributed by atoms with Crippen molar-refractivity contribution >= 4 is 42.7 Å². The minimum atomic E-state index is -4.65. The van der Waals surface area contributed by atoms with Crippen LogP contribution in [-0.4, -0.2) is 37.3 Å². The number of fused-ring (bicyclic) bond motifs is 1. The zero-order valence-electron chi connectivity index (χ0n) is 16.3. The Morgan fingerprint density at radius 3 is 2.38 bits per heavy atom. The van der Waals surface area contributed by atoms with Crippen LogP contribution in [0.2, 0.25) is 0 Å². The Balaban J connectivity index is 1.72. The number of hydrogen-bond acceptors (Lipinski definition) is 4. The summed E-state index contributed by atoms with van der Waals surface area (Å²) in [5.41, 5.74) is -0.868. The Kier molecular flexibility index (Phi) is 5.68. The van der Waals surface area contributed by atoms with Gasteiger partial charge in [0.15, 0.2) is 0 Å². The maximum Gasteiger partial charge on any atom is 0.433 e. The fourth-order valence-electron chi connectivity index (χ4n) is 3.76. The predicted octanol–water partition coefficient (Wildman–Crippen LogP) is 4.02. The summed E-state index contributed by atoms with van der Waals surface area (Å²) in [7, 11) is -3.94. The third-order valence-corrected chi connectivity index (χ3v) is 6.92. The molecule has 0 bridgehead atoms. The number of rotatable bonds is 5. The Hall–Kier alpha value is -2.28. The molecular weight excluding hydrogens is 516 g/mol. The molecule has 3 aromatic rings. The number of pyridine rings is 1. The van der Waals surface area contributed by atoms with Crippen LogP contribution in [0.1, 0.15) is 11.3 Å². The summed E-state index contributed by atoms with van der Waals surface area (Å²) in [4.78, 5) is 3.71. The molecule has 1 fully saturated rings. The van der Waals surface area contributed by atoms with E-state index in [1.54, 1.807) is 12.1 Å². The van der Waals surface area contributed by atoms with Crippen LogP contribution in [0.25, 0.3) is 10.9 Å². The van der Waals surface area contributed by atoms with Crippen molar-refractivity contribution in [3.8, 4) is 0 Å². The second-order valence-electron chi connectivity index (χ2n) is 7.67. The van der Waals surface area contributed by atoms with Gasteiger partial charge in [-0.3, -0.25) is 0 Å². The topological polar surface area (TPSA) is 88.3 Å². The molecule has 0 amide bonds. The van der Waals surface area contributed by atoms with Gasteiger partial charge in [-0.1, -0.05) is 28.1 Å². The van der Waals surface area contributed by atoms with Gasteiger partial charge in [0, 0.05) is 40.6 Å². The number of aromatic nitrogens is 1. The fourth-order valence-corrected chi connectivity index (χ4v) is 4.98. The first-order valence-electron chi connectivity index (χ1n) is 9.33. The number of hydrogen-bond donors (Lipinski definition) is 2. The molecule has 2 heterocycles. The van der Waals surface area contributed by atoms with E-state index in [0.29, 0.717) is 15.4 Å². The van der Waals surface area contributed by atoms with E-state index >= 15 is 0 Å². The molecule has 12 heteroatoms. The standard InChI is InChI=1S/C20H17BrF4N4O2S/c21-13-3-6-16-15(7-13)17(8-18(28-16)20(23,24)25)27-9-19(10-29(11-19)32(26,30)31)12-1-4-14(22)5-2-12/h1-8H,9-11H2,(H,27,28)(H2,26,30,31). The molecule has 0 atom stereocenters. The summed E-state index contributed by atoms with van der Waals surface area (Å²) in [6, 6.07) is 11.2. The van der Waals surface area contributed by atoms with Crippen molar-refractivity contribution in [1.82, 2.24) is 9.29 Å². The summed E-state index contributed by atoms with van der Waals surface area (Å²) < 4.78 is 78.7. The first-order valence-corrected chi connectivity index (χ1v) is 11.6. The number of nitrogens with one attached hydrogen (secondary N) is 1. The molecule has 1 aliphatic rings. The maximum atomic E-state index is 13.4. The highest BCUT2D eigenvalue weighted by Gasteiger charge is 2.48. The van der Waals surface area contributed by atoms with Gasteiger partial charge in [-0.2, -0.15) is 25.9 Å². The van der Waals surface area contributed by atoms with E-state index in [1.165, 1.54) is 30.3 Å². The van der Waals surface area contributed by atoms with Crippen LogP contribution in [0.4, 0.5) is 23.2 Å². The summed E-state index contributed by atoms with van der Waals surface area (Å²) in [6.07, 6.45) is -4.65. The van der Waals surface area contributed by atoms with Gasteiger partial charge in [-0.15, -0.1) is 0 Å². The normalized spacial score (nSPS) is 16.7. The van der Waals surface area contributed by atoms with E-state index in [9.17, 15) is 26.0 Å². The van der Waals surface area contributed by atoms with Crippen LogP contribution < -0.4 is 10.5 Å². The molecular formula is C20H17BrF4N4O2S. The summed E-state index contributed by atoms with van der Waals surface area (Å²) in [5.74, 6) is -0.459. The van der Waals surface area contributed by atoms with Gasteiger partial charge in [-0.25, -0.2) is 14.5 Å². The minimum absolute atomic E-state index is 0.00328. The van der Waals surface area contributed by atoms with Crippen molar-refractivity contribution < 1.29 is 26.0 Å². The summed E-state index contributed by atoms with van der Waals surface area (Å²) in [6.45, 7) is 0.0974. The molecule has 6 nitrogen and oxygen atoms in total. The number of nitrogens with zero attached hydrogens (tertiary/aromatic N) is 2. The predicted molar refractivity (Wildman–Crippen MR) is 116 cm³/mol. The van der Waals surface area contributed by atoms with Crippen LogP contribution in [0.3, 0.4) is 0 Å². The van der Waals surface area contributed by atoms with Crippen LogP contribution in [0.5, 0.6) is 0 Å². The lowest BCUT2D eigenvalue weighted by Crippen LogP contribution is -2.65. The van der Waals surface area contributed by atoms with E-state index < -0.39 is 33.3 Å². The highest BCUT2D eigenvalue weighted by Crippen LogP contribution is 2.38. The van der Waals surface area contributed by atoms with Crippen molar-refractivity contribution in [1.29, 1.82) is 0 Å². The first kappa shape index (κ1) is 22.9. The van der Waals surface area contributed by atoms with E-state index in [1.807, 2.05) is 0 Å². The lowest BCUT2D eigenvalue weighted by atomic mass is 9.75. The van der Waals surface area contributed by atoms with Crippen molar-refractivity contribution in [2.24, 2.45) is 5.14 Å². The Labute approximate surface area is 189 Å². The number of anilines is 1. The Morgan fingerprint density at radius 2 is 1.78 bits per heavy atom. The highest BCUT2D eigenvalue weighted by atomic mass is 79.9. The lowest BCUT2D eigenvalue weighted by molar-refractivity contribution is -0.140. The molecule has 4 rings (SSSR count). The van der Waals surface area contributed by atoms with Gasteiger partial charge < -0.3 is 5.32 Å². The second-order valence-corrected chi connectivity index (χ2v) is 10.1. The summed E-state index contributed by atoms with van der Waals surface area (Å²) >= 11 is 3.31. The van der Waals surface area contributed by atoms with Crippen molar-refractivity contribution in [3.63, 3.8) is 0 Å². The zero-order chi connectivity index (χ0) is 23.3. The lowest BCUT2D eigenvalue weighted by Gasteiger charge is -2.49. The number of benzene rings is 2. The fraction of sp³-hybridized carbons (Fsp3) is 0.250. The molecule has 0 unspecified atom stereocenters. The van der Waals surface area contributed by atoms with Gasteiger partial charge in [0.2, 0.25) is 0 Å². The zero-order valence-corrected chi connectivity index (χ0v) is 18.7. The molecule has 0 aliphatic carbocycles. The minimum Gasteiger partial charge on any atom is -0.383 e. The van der Waals surface area contributed by atoms with Gasteiger partial charge in [0.25, 0.3) is 10.2 Å². The quantitative estimate of drug-likeness (QED) is 0.485. The van der Waals surface area contributed by atoms with Gasteiger partial charge in [0.1, 0.15) is 11.5 Å². The van der Waals surface area contributed by atoms with Crippen LogP contribution in [-0.2, 0) is 21.8 Å². The molecule has 0 radical (unpaired) electrons. The smallest absolute Gasteiger partial charge is 0.383 e. The third kappa shape index (κ3) is 4.45. The van der Waals surface area contributed by atoms with E-state index in [2.05, 4.69) is 26.2 Å².